The maximum absolute atomic E-state index is 13.3. The van der Waals surface area contributed by atoms with Crippen LogP contribution in [0.1, 0.15) is 16.8 Å². The first-order chi connectivity index (χ1) is 11.8. The van der Waals surface area contributed by atoms with Crippen molar-refractivity contribution in [2.45, 2.75) is 25.0 Å². The standard InChI is InChI=1S/C16H13F4N3O2/c17-13(18)11-9-16(25,15(19)20)23(21-11)14(24)10-5-1-2-6-12(10)22-7-3-4-8-22/h1-8,13,15,25H,9H2/t16-/m0/s1. The molecule has 0 aliphatic carbocycles. The summed E-state index contributed by atoms with van der Waals surface area (Å²) < 4.78 is 53.9. The van der Waals surface area contributed by atoms with E-state index in [4.69, 9.17) is 0 Å². The van der Waals surface area contributed by atoms with Gasteiger partial charge in [-0.05, 0) is 24.3 Å². The third kappa shape index (κ3) is 2.91. The van der Waals surface area contributed by atoms with Crippen LogP contribution in [0.5, 0.6) is 0 Å². The molecule has 0 fully saturated rings. The first kappa shape index (κ1) is 17.2. The average molecular weight is 355 g/mol. The molecule has 2 heterocycles. The van der Waals surface area contributed by atoms with E-state index in [9.17, 15) is 27.5 Å². The van der Waals surface area contributed by atoms with Crippen molar-refractivity contribution >= 4 is 11.6 Å². The molecule has 3 rings (SSSR count). The summed E-state index contributed by atoms with van der Waals surface area (Å²) in [5.41, 5.74) is -3.78. The molecule has 1 aromatic heterocycles. The van der Waals surface area contributed by atoms with Crippen LogP contribution in [0.25, 0.3) is 5.69 Å². The van der Waals surface area contributed by atoms with E-state index in [1.165, 1.54) is 12.1 Å². The minimum absolute atomic E-state index is 0.0570. The van der Waals surface area contributed by atoms with Crippen LogP contribution in [0.15, 0.2) is 53.9 Å². The number of rotatable bonds is 4. The van der Waals surface area contributed by atoms with Crippen molar-refractivity contribution in [2.24, 2.45) is 5.10 Å². The SMILES string of the molecule is O=C(c1ccccc1-n1cccc1)N1N=C(C(F)F)C[C@]1(O)C(F)F. The summed E-state index contributed by atoms with van der Waals surface area (Å²) in [6, 6.07) is 9.42. The van der Waals surface area contributed by atoms with E-state index in [0.717, 1.165) is 0 Å². The number of aromatic nitrogens is 1. The Labute approximate surface area is 139 Å². The van der Waals surface area contributed by atoms with E-state index in [0.29, 0.717) is 5.69 Å². The lowest BCUT2D eigenvalue weighted by Gasteiger charge is -2.30. The number of hydrogen-bond acceptors (Lipinski definition) is 3. The van der Waals surface area contributed by atoms with E-state index in [-0.39, 0.29) is 10.6 Å². The number of hydrogen-bond donors (Lipinski definition) is 1. The molecule has 0 spiro atoms. The zero-order valence-electron chi connectivity index (χ0n) is 12.7. The molecular weight excluding hydrogens is 342 g/mol. The summed E-state index contributed by atoms with van der Waals surface area (Å²) in [5, 5.41) is 13.4. The molecule has 1 aliphatic heterocycles. The van der Waals surface area contributed by atoms with Crippen LogP contribution in [0, 0.1) is 0 Å². The molecule has 1 amide bonds. The molecule has 2 aromatic rings. The number of amides is 1. The molecule has 25 heavy (non-hydrogen) atoms. The number of para-hydroxylation sites is 1. The van der Waals surface area contributed by atoms with Gasteiger partial charge < -0.3 is 9.67 Å². The van der Waals surface area contributed by atoms with E-state index in [2.05, 4.69) is 5.10 Å². The monoisotopic (exact) mass is 355 g/mol. The Bertz CT molecular complexity index is 807. The molecule has 1 aliphatic rings. The van der Waals surface area contributed by atoms with Gasteiger partial charge in [-0.2, -0.15) is 10.1 Å². The van der Waals surface area contributed by atoms with Gasteiger partial charge in [0.15, 0.2) is 0 Å². The van der Waals surface area contributed by atoms with Crippen molar-refractivity contribution in [2.75, 3.05) is 0 Å². The van der Waals surface area contributed by atoms with Crippen molar-refractivity contribution in [3.63, 3.8) is 0 Å². The molecule has 0 saturated heterocycles. The molecular formula is C16H13F4N3O2. The van der Waals surface area contributed by atoms with E-state index in [1.807, 2.05) is 0 Å². The first-order valence-corrected chi connectivity index (χ1v) is 7.27. The molecule has 0 bridgehead atoms. The third-order valence-electron chi connectivity index (χ3n) is 3.85. The average Bonchev–Trinajstić information content (AvgIpc) is 3.22. The minimum Gasteiger partial charge on any atom is -0.364 e. The van der Waals surface area contributed by atoms with Crippen LogP contribution in [0.2, 0.25) is 0 Å². The lowest BCUT2D eigenvalue weighted by atomic mass is 10.1. The van der Waals surface area contributed by atoms with Crippen molar-refractivity contribution in [1.29, 1.82) is 0 Å². The largest absolute Gasteiger partial charge is 0.364 e. The predicted molar refractivity (Wildman–Crippen MR) is 80.9 cm³/mol. The van der Waals surface area contributed by atoms with Gasteiger partial charge in [0.05, 0.1) is 11.3 Å². The van der Waals surface area contributed by atoms with Crippen LogP contribution < -0.4 is 0 Å². The molecule has 1 aromatic carbocycles. The summed E-state index contributed by atoms with van der Waals surface area (Å²) in [5.74, 6) is -1.09. The van der Waals surface area contributed by atoms with Crippen LogP contribution in [-0.4, -0.2) is 44.9 Å². The summed E-state index contributed by atoms with van der Waals surface area (Å²) in [6.07, 6.45) is -4.47. The second-order valence-corrected chi connectivity index (χ2v) is 5.47. The zero-order valence-corrected chi connectivity index (χ0v) is 12.7. The highest BCUT2D eigenvalue weighted by molar-refractivity contribution is 6.01. The molecule has 132 valence electrons. The number of alkyl halides is 4. The van der Waals surface area contributed by atoms with Gasteiger partial charge in [-0.3, -0.25) is 4.79 Å². The molecule has 1 N–H and O–H groups in total. The molecule has 1 atom stereocenters. The van der Waals surface area contributed by atoms with Gasteiger partial charge in [0.1, 0.15) is 5.71 Å². The highest BCUT2D eigenvalue weighted by atomic mass is 19.3. The highest BCUT2D eigenvalue weighted by Gasteiger charge is 2.53. The van der Waals surface area contributed by atoms with E-state index >= 15 is 0 Å². The van der Waals surface area contributed by atoms with Crippen LogP contribution in [-0.2, 0) is 0 Å². The van der Waals surface area contributed by atoms with Gasteiger partial charge in [-0.15, -0.1) is 0 Å². The van der Waals surface area contributed by atoms with E-state index in [1.54, 1.807) is 41.2 Å². The summed E-state index contributed by atoms with van der Waals surface area (Å²) >= 11 is 0. The molecule has 9 heteroatoms. The topological polar surface area (TPSA) is 57.8 Å². The fraction of sp³-hybridized carbons (Fsp3) is 0.250. The van der Waals surface area contributed by atoms with Crippen molar-refractivity contribution in [3.8, 4) is 5.69 Å². The normalized spacial score (nSPS) is 20.4. The molecule has 0 saturated carbocycles. The Hall–Kier alpha value is -2.68. The number of aliphatic hydroxyl groups is 1. The first-order valence-electron chi connectivity index (χ1n) is 7.27. The Morgan fingerprint density at radius 1 is 1.12 bits per heavy atom. The van der Waals surface area contributed by atoms with Crippen LogP contribution >= 0.6 is 0 Å². The van der Waals surface area contributed by atoms with Crippen LogP contribution in [0.4, 0.5) is 17.6 Å². The summed E-state index contributed by atoms with van der Waals surface area (Å²) in [7, 11) is 0. The Kier molecular flexibility index (Phi) is 4.34. The zero-order chi connectivity index (χ0) is 18.2. The number of carbonyl (C=O) groups is 1. The predicted octanol–water partition coefficient (Wildman–Crippen LogP) is 2.90. The van der Waals surface area contributed by atoms with Gasteiger partial charge in [-0.1, -0.05) is 12.1 Å². The van der Waals surface area contributed by atoms with Gasteiger partial charge in [0.2, 0.25) is 5.72 Å². The lowest BCUT2D eigenvalue weighted by Crippen LogP contribution is -2.51. The van der Waals surface area contributed by atoms with Gasteiger partial charge in [0.25, 0.3) is 18.8 Å². The number of carbonyl (C=O) groups excluding carboxylic acids is 1. The lowest BCUT2D eigenvalue weighted by molar-refractivity contribution is -0.164. The quantitative estimate of drug-likeness (QED) is 0.858. The smallest absolute Gasteiger partial charge is 0.287 e. The van der Waals surface area contributed by atoms with Gasteiger partial charge in [0, 0.05) is 18.8 Å². The van der Waals surface area contributed by atoms with Crippen LogP contribution in [0.3, 0.4) is 0 Å². The second-order valence-electron chi connectivity index (χ2n) is 5.47. The van der Waals surface area contributed by atoms with Gasteiger partial charge >= 0.3 is 0 Å². The highest BCUT2D eigenvalue weighted by Crippen LogP contribution is 2.35. The summed E-state index contributed by atoms with van der Waals surface area (Å²) in [4.78, 5) is 12.7. The summed E-state index contributed by atoms with van der Waals surface area (Å²) in [6.45, 7) is 0. The fourth-order valence-corrected chi connectivity index (χ4v) is 2.59. The number of nitrogens with zero attached hydrogens (tertiary/aromatic N) is 3. The molecule has 0 unspecified atom stereocenters. The fourth-order valence-electron chi connectivity index (χ4n) is 2.59. The van der Waals surface area contributed by atoms with Crippen molar-refractivity contribution in [1.82, 2.24) is 9.58 Å². The number of benzene rings is 1. The number of hydrazone groups is 1. The van der Waals surface area contributed by atoms with Gasteiger partial charge in [-0.25, -0.2) is 17.6 Å². The van der Waals surface area contributed by atoms with Crippen molar-refractivity contribution in [3.05, 3.63) is 54.4 Å². The van der Waals surface area contributed by atoms with E-state index < -0.39 is 36.6 Å². The number of halogens is 4. The Morgan fingerprint density at radius 3 is 2.36 bits per heavy atom. The van der Waals surface area contributed by atoms with Crippen molar-refractivity contribution < 1.29 is 27.5 Å². The second kappa shape index (κ2) is 6.32. The maximum atomic E-state index is 13.3. The third-order valence-corrected chi connectivity index (χ3v) is 3.85. The molecule has 5 nitrogen and oxygen atoms in total. The minimum atomic E-state index is -3.46. The Morgan fingerprint density at radius 2 is 1.76 bits per heavy atom. The Balaban J connectivity index is 2.05. The maximum Gasteiger partial charge on any atom is 0.287 e. The molecule has 0 radical (unpaired) electrons.